The normalized spacial score (nSPS) is 11.0. The second kappa shape index (κ2) is 9.36. The second-order valence-electron chi connectivity index (χ2n) is 6.17. The summed E-state index contributed by atoms with van der Waals surface area (Å²) in [7, 11) is -4.09. The molecule has 3 rings (SSSR count). The van der Waals surface area contributed by atoms with Gasteiger partial charge in [0.05, 0.1) is 17.1 Å². The van der Waals surface area contributed by atoms with Gasteiger partial charge in [0, 0.05) is 11.6 Å². The average molecular weight is 432 g/mol. The number of halogens is 2. The largest absolute Gasteiger partial charge is 0.492 e. The summed E-state index contributed by atoms with van der Waals surface area (Å²) in [6, 6.07) is 16.3. The van der Waals surface area contributed by atoms with E-state index < -0.39 is 27.6 Å². The zero-order chi connectivity index (χ0) is 21.6. The molecule has 156 valence electrons. The Balaban J connectivity index is 1.61. The molecule has 3 aromatic rings. The number of ether oxygens (including phenoxy) is 1. The number of hydrogen-bond acceptors (Lipinski definition) is 4. The molecule has 0 aromatic heterocycles. The van der Waals surface area contributed by atoms with Crippen LogP contribution in [0.2, 0.25) is 0 Å². The van der Waals surface area contributed by atoms with Gasteiger partial charge in [0.2, 0.25) is 0 Å². The van der Waals surface area contributed by atoms with Gasteiger partial charge < -0.3 is 10.1 Å². The average Bonchev–Trinajstić information content (AvgIpc) is 2.73. The van der Waals surface area contributed by atoms with Crippen molar-refractivity contribution in [3.05, 3.63) is 90.0 Å². The van der Waals surface area contributed by atoms with Crippen LogP contribution in [0.15, 0.2) is 77.7 Å². The third kappa shape index (κ3) is 5.54. The summed E-state index contributed by atoms with van der Waals surface area (Å²) in [6.45, 7) is 0.224. The molecule has 0 atom stereocenters. The predicted molar refractivity (Wildman–Crippen MR) is 108 cm³/mol. The van der Waals surface area contributed by atoms with Crippen LogP contribution in [0.1, 0.15) is 10.4 Å². The minimum atomic E-state index is -4.09. The number of sulfonamides is 1. The molecule has 0 unspecified atom stereocenters. The second-order valence-corrected chi connectivity index (χ2v) is 7.86. The van der Waals surface area contributed by atoms with Gasteiger partial charge in [-0.2, -0.15) is 0 Å². The van der Waals surface area contributed by atoms with Gasteiger partial charge in [-0.1, -0.05) is 24.3 Å². The van der Waals surface area contributed by atoms with Crippen molar-refractivity contribution in [2.45, 2.75) is 4.90 Å². The molecule has 1 amide bonds. The van der Waals surface area contributed by atoms with Crippen LogP contribution in [0, 0.1) is 11.6 Å². The molecule has 0 radical (unpaired) electrons. The summed E-state index contributed by atoms with van der Waals surface area (Å²) >= 11 is 0. The Hall–Kier alpha value is -3.46. The molecule has 3 aromatic carbocycles. The zero-order valence-corrected chi connectivity index (χ0v) is 16.5. The third-order valence-corrected chi connectivity index (χ3v) is 5.34. The van der Waals surface area contributed by atoms with Gasteiger partial charge in [0.1, 0.15) is 24.0 Å². The first-order valence-corrected chi connectivity index (χ1v) is 10.4. The van der Waals surface area contributed by atoms with Gasteiger partial charge in [-0.25, -0.2) is 17.2 Å². The number of para-hydroxylation sites is 1. The smallest absolute Gasteiger partial charge is 0.262 e. The van der Waals surface area contributed by atoms with Crippen LogP contribution in [-0.2, 0) is 10.0 Å². The Kier molecular flexibility index (Phi) is 6.63. The monoisotopic (exact) mass is 432 g/mol. The molecule has 0 aliphatic rings. The third-order valence-electron chi connectivity index (χ3n) is 3.98. The predicted octanol–water partition coefficient (Wildman–Crippen LogP) is 3.57. The number of rotatable bonds is 8. The van der Waals surface area contributed by atoms with Crippen LogP contribution in [0.4, 0.5) is 14.5 Å². The quantitative estimate of drug-likeness (QED) is 0.533. The van der Waals surface area contributed by atoms with Crippen molar-refractivity contribution in [2.24, 2.45) is 0 Å². The molecule has 0 aliphatic heterocycles. The fourth-order valence-corrected chi connectivity index (χ4v) is 3.66. The van der Waals surface area contributed by atoms with Crippen molar-refractivity contribution in [1.29, 1.82) is 0 Å². The van der Waals surface area contributed by atoms with E-state index in [2.05, 4.69) is 10.0 Å². The molecule has 0 spiro atoms. The van der Waals surface area contributed by atoms with Gasteiger partial charge in [-0.15, -0.1) is 0 Å². The lowest BCUT2D eigenvalue weighted by molar-refractivity contribution is 0.0946. The zero-order valence-electron chi connectivity index (χ0n) is 15.6. The van der Waals surface area contributed by atoms with Crippen LogP contribution < -0.4 is 14.8 Å². The molecule has 9 heteroatoms. The first kappa shape index (κ1) is 21.3. The molecule has 30 heavy (non-hydrogen) atoms. The Morgan fingerprint density at radius 2 is 1.70 bits per heavy atom. The van der Waals surface area contributed by atoms with Gasteiger partial charge in [0.15, 0.2) is 0 Å². The van der Waals surface area contributed by atoms with Crippen molar-refractivity contribution in [1.82, 2.24) is 5.32 Å². The highest BCUT2D eigenvalue weighted by Crippen LogP contribution is 2.19. The number of carbonyl (C=O) groups excluding carboxylic acids is 1. The first-order chi connectivity index (χ1) is 14.3. The van der Waals surface area contributed by atoms with Crippen molar-refractivity contribution < 1.29 is 26.7 Å². The van der Waals surface area contributed by atoms with E-state index in [0.29, 0.717) is 5.75 Å². The van der Waals surface area contributed by atoms with E-state index in [0.717, 1.165) is 6.07 Å². The van der Waals surface area contributed by atoms with Crippen molar-refractivity contribution >= 4 is 21.6 Å². The summed E-state index contributed by atoms with van der Waals surface area (Å²) in [4.78, 5) is 12.1. The summed E-state index contributed by atoms with van der Waals surface area (Å²) in [5, 5.41) is 2.59. The van der Waals surface area contributed by atoms with E-state index in [1.54, 1.807) is 6.07 Å². The van der Waals surface area contributed by atoms with E-state index in [1.165, 1.54) is 60.7 Å². The lowest BCUT2D eigenvalue weighted by atomic mass is 10.2. The molecule has 0 saturated heterocycles. The molecular weight excluding hydrogens is 414 g/mol. The first-order valence-electron chi connectivity index (χ1n) is 8.89. The highest BCUT2D eigenvalue weighted by molar-refractivity contribution is 7.92. The Labute approximate surface area is 172 Å². The fourth-order valence-electron chi connectivity index (χ4n) is 2.54. The fraction of sp³-hybridized carbons (Fsp3) is 0.0952. The molecule has 0 heterocycles. The summed E-state index contributed by atoms with van der Waals surface area (Å²) < 4.78 is 59.4. The lowest BCUT2D eigenvalue weighted by Crippen LogP contribution is -2.28. The van der Waals surface area contributed by atoms with E-state index in [9.17, 15) is 22.0 Å². The maximum Gasteiger partial charge on any atom is 0.262 e. The van der Waals surface area contributed by atoms with E-state index in [-0.39, 0.29) is 29.3 Å². The molecule has 2 N–H and O–H groups in total. The lowest BCUT2D eigenvalue weighted by Gasteiger charge is -2.11. The van der Waals surface area contributed by atoms with Crippen LogP contribution in [0.25, 0.3) is 0 Å². The number of nitrogens with one attached hydrogen (secondary N) is 2. The van der Waals surface area contributed by atoms with Gasteiger partial charge >= 0.3 is 0 Å². The highest BCUT2D eigenvalue weighted by atomic mass is 32.2. The number of carbonyl (C=O) groups is 1. The molecule has 6 nitrogen and oxygen atoms in total. The minimum Gasteiger partial charge on any atom is -0.492 e. The minimum absolute atomic E-state index is 0.0992. The Morgan fingerprint density at radius 1 is 0.933 bits per heavy atom. The van der Waals surface area contributed by atoms with Crippen molar-refractivity contribution in [3.8, 4) is 5.75 Å². The van der Waals surface area contributed by atoms with Crippen molar-refractivity contribution in [2.75, 3.05) is 17.9 Å². The SMILES string of the molecule is O=C(NCCOc1cccc(F)c1)c1cccc(S(=O)(=O)Nc2ccccc2F)c1. The maximum absolute atomic E-state index is 13.7. The van der Waals surface area contributed by atoms with E-state index in [4.69, 9.17) is 4.74 Å². The summed E-state index contributed by atoms with van der Waals surface area (Å²) in [5.74, 6) is -1.33. The highest BCUT2D eigenvalue weighted by Gasteiger charge is 2.18. The van der Waals surface area contributed by atoms with Crippen LogP contribution >= 0.6 is 0 Å². The van der Waals surface area contributed by atoms with E-state index >= 15 is 0 Å². The Bertz CT molecular complexity index is 1150. The van der Waals surface area contributed by atoms with Crippen LogP contribution in [0.5, 0.6) is 5.75 Å². The number of amides is 1. The van der Waals surface area contributed by atoms with E-state index in [1.807, 2.05) is 0 Å². The molecule has 0 bridgehead atoms. The molecular formula is C21H18F2N2O4S. The molecule has 0 saturated carbocycles. The molecule has 0 aliphatic carbocycles. The topological polar surface area (TPSA) is 84.5 Å². The Morgan fingerprint density at radius 3 is 2.47 bits per heavy atom. The number of hydrogen-bond donors (Lipinski definition) is 2. The van der Waals surface area contributed by atoms with Gasteiger partial charge in [-0.3, -0.25) is 9.52 Å². The maximum atomic E-state index is 13.7. The van der Waals surface area contributed by atoms with Gasteiger partial charge in [-0.05, 0) is 42.5 Å². The van der Waals surface area contributed by atoms with Crippen LogP contribution in [0.3, 0.4) is 0 Å². The molecule has 0 fully saturated rings. The summed E-state index contributed by atoms with van der Waals surface area (Å²) in [6.07, 6.45) is 0. The summed E-state index contributed by atoms with van der Waals surface area (Å²) in [5.41, 5.74) is -0.0842. The van der Waals surface area contributed by atoms with Crippen LogP contribution in [-0.4, -0.2) is 27.5 Å². The number of benzene rings is 3. The number of anilines is 1. The van der Waals surface area contributed by atoms with Crippen molar-refractivity contribution in [3.63, 3.8) is 0 Å². The standard InChI is InChI=1S/C21H18F2N2O4S/c22-16-6-4-7-17(14-16)29-12-11-24-21(26)15-5-3-8-18(13-15)30(27,28)25-20-10-2-1-9-19(20)23/h1-10,13-14,25H,11-12H2,(H,24,26). The van der Waals surface area contributed by atoms with Gasteiger partial charge in [0.25, 0.3) is 15.9 Å².